The van der Waals surface area contributed by atoms with Crippen LogP contribution < -0.4 is 4.74 Å². The molecular formula is C14H17N3O2. The van der Waals surface area contributed by atoms with E-state index in [1.165, 1.54) is 0 Å². The summed E-state index contributed by atoms with van der Waals surface area (Å²) in [6.07, 6.45) is 2.80. The summed E-state index contributed by atoms with van der Waals surface area (Å²) in [5, 5.41) is 7.97. The van der Waals surface area contributed by atoms with Crippen LogP contribution in [0.15, 0.2) is 24.3 Å². The molecule has 0 saturated carbocycles. The molecule has 0 radical (unpaired) electrons. The molecule has 0 spiro atoms. The number of ether oxygens (including phenoxy) is 1. The van der Waals surface area contributed by atoms with Crippen LogP contribution in [-0.2, 0) is 6.54 Å². The van der Waals surface area contributed by atoms with Gasteiger partial charge in [0.2, 0.25) is 0 Å². The minimum absolute atomic E-state index is 0.365. The summed E-state index contributed by atoms with van der Waals surface area (Å²) in [6.45, 7) is 2.87. The summed E-state index contributed by atoms with van der Waals surface area (Å²) < 4.78 is 6.99. The van der Waals surface area contributed by atoms with Gasteiger partial charge in [0.25, 0.3) is 0 Å². The quantitative estimate of drug-likeness (QED) is 0.748. The molecular weight excluding hydrogens is 242 g/mol. The maximum Gasteiger partial charge on any atom is 0.172 e. The van der Waals surface area contributed by atoms with Gasteiger partial charge >= 0.3 is 0 Å². The van der Waals surface area contributed by atoms with Crippen molar-refractivity contribution in [1.82, 2.24) is 15.0 Å². The Kier molecular flexibility index (Phi) is 4.28. The lowest BCUT2D eigenvalue weighted by Crippen LogP contribution is -2.03. The highest BCUT2D eigenvalue weighted by Gasteiger charge is 2.14. The molecule has 1 aromatic carbocycles. The second-order valence-corrected chi connectivity index (χ2v) is 4.25. The summed E-state index contributed by atoms with van der Waals surface area (Å²) in [7, 11) is 1.62. The Balaban J connectivity index is 2.45. The molecule has 0 aliphatic rings. The average molecular weight is 259 g/mol. The molecule has 1 heterocycles. The first-order valence-electron chi connectivity index (χ1n) is 6.33. The van der Waals surface area contributed by atoms with E-state index in [0.29, 0.717) is 5.69 Å². The van der Waals surface area contributed by atoms with Gasteiger partial charge in [0.1, 0.15) is 5.75 Å². The van der Waals surface area contributed by atoms with Crippen molar-refractivity contribution in [2.75, 3.05) is 7.11 Å². The lowest BCUT2D eigenvalue weighted by Gasteiger charge is -2.07. The number of unbranched alkanes of at least 4 members (excludes halogenated alkanes) is 1. The van der Waals surface area contributed by atoms with Gasteiger partial charge in [0.15, 0.2) is 12.0 Å². The van der Waals surface area contributed by atoms with Crippen LogP contribution >= 0.6 is 0 Å². The number of nitrogens with zero attached hydrogens (tertiary/aromatic N) is 3. The van der Waals surface area contributed by atoms with Crippen molar-refractivity contribution in [1.29, 1.82) is 0 Å². The molecule has 0 bridgehead atoms. The number of hydrogen-bond donors (Lipinski definition) is 0. The fourth-order valence-electron chi connectivity index (χ4n) is 1.94. The molecule has 2 aromatic rings. The molecule has 100 valence electrons. The lowest BCUT2D eigenvalue weighted by molar-refractivity contribution is 0.111. The van der Waals surface area contributed by atoms with E-state index in [-0.39, 0.29) is 0 Å². The number of methoxy groups -OCH3 is 1. The fourth-order valence-corrected chi connectivity index (χ4v) is 1.94. The first kappa shape index (κ1) is 13.3. The number of carbonyl (C=O) groups excluding carboxylic acids is 1. The van der Waals surface area contributed by atoms with Crippen molar-refractivity contribution in [2.24, 2.45) is 0 Å². The Bertz CT molecular complexity index is 564. The Morgan fingerprint density at radius 1 is 1.42 bits per heavy atom. The van der Waals surface area contributed by atoms with Crippen molar-refractivity contribution in [3.05, 3.63) is 30.0 Å². The molecule has 1 aromatic heterocycles. The Morgan fingerprint density at radius 2 is 2.26 bits per heavy atom. The molecule has 5 heteroatoms. The third-order valence-electron chi connectivity index (χ3n) is 2.94. The van der Waals surface area contributed by atoms with E-state index < -0.39 is 0 Å². The van der Waals surface area contributed by atoms with Gasteiger partial charge in [-0.1, -0.05) is 30.7 Å². The van der Waals surface area contributed by atoms with Gasteiger partial charge in [-0.2, -0.15) is 0 Å². The number of aromatic nitrogens is 3. The maximum absolute atomic E-state index is 11.1. The first-order valence-corrected chi connectivity index (χ1v) is 6.33. The van der Waals surface area contributed by atoms with E-state index in [1.54, 1.807) is 11.8 Å². The zero-order valence-corrected chi connectivity index (χ0v) is 11.2. The summed E-state index contributed by atoms with van der Waals surface area (Å²) in [6, 6.07) is 7.56. The summed E-state index contributed by atoms with van der Waals surface area (Å²) in [4.78, 5) is 11.1. The molecule has 2 rings (SSSR count). The van der Waals surface area contributed by atoms with Gasteiger partial charge in [-0.05, 0) is 18.6 Å². The van der Waals surface area contributed by atoms with Gasteiger partial charge in [-0.15, -0.1) is 5.10 Å². The van der Waals surface area contributed by atoms with Crippen molar-refractivity contribution < 1.29 is 9.53 Å². The normalized spacial score (nSPS) is 10.4. The smallest absolute Gasteiger partial charge is 0.172 e. The molecule has 0 saturated heterocycles. The highest BCUT2D eigenvalue weighted by molar-refractivity contribution is 5.83. The molecule has 0 amide bonds. The SMILES string of the molecule is CCCCn1nnc(C=O)c1-c1cccc(OC)c1. The highest BCUT2D eigenvalue weighted by Crippen LogP contribution is 2.25. The second kappa shape index (κ2) is 6.13. The van der Waals surface area contributed by atoms with Gasteiger partial charge in [0, 0.05) is 12.1 Å². The van der Waals surface area contributed by atoms with Gasteiger partial charge in [-0.25, -0.2) is 4.68 Å². The van der Waals surface area contributed by atoms with Crippen molar-refractivity contribution in [2.45, 2.75) is 26.3 Å². The molecule has 0 fully saturated rings. The van der Waals surface area contributed by atoms with Crippen molar-refractivity contribution >= 4 is 6.29 Å². The predicted molar refractivity (Wildman–Crippen MR) is 72.3 cm³/mol. The van der Waals surface area contributed by atoms with Crippen LogP contribution in [0, 0.1) is 0 Å². The van der Waals surface area contributed by atoms with Crippen molar-refractivity contribution in [3.63, 3.8) is 0 Å². The molecule has 19 heavy (non-hydrogen) atoms. The van der Waals surface area contributed by atoms with Crippen LogP contribution in [-0.4, -0.2) is 28.4 Å². The number of aldehydes is 1. The molecule has 0 aliphatic carbocycles. The Hall–Kier alpha value is -2.17. The molecule has 0 unspecified atom stereocenters. The number of aryl methyl sites for hydroxylation is 1. The minimum atomic E-state index is 0.365. The largest absolute Gasteiger partial charge is 0.497 e. The third kappa shape index (κ3) is 2.81. The van der Waals surface area contributed by atoms with E-state index in [4.69, 9.17) is 4.74 Å². The number of rotatable bonds is 6. The van der Waals surface area contributed by atoms with Gasteiger partial charge < -0.3 is 4.74 Å². The lowest BCUT2D eigenvalue weighted by atomic mass is 10.1. The molecule has 5 nitrogen and oxygen atoms in total. The minimum Gasteiger partial charge on any atom is -0.497 e. The Morgan fingerprint density at radius 3 is 2.95 bits per heavy atom. The number of benzene rings is 1. The number of carbonyl (C=O) groups is 1. The molecule has 0 N–H and O–H groups in total. The number of hydrogen-bond acceptors (Lipinski definition) is 4. The summed E-state index contributed by atoms with van der Waals surface area (Å²) >= 11 is 0. The van der Waals surface area contributed by atoms with Crippen molar-refractivity contribution in [3.8, 4) is 17.0 Å². The average Bonchev–Trinajstić information content (AvgIpc) is 2.88. The summed E-state index contributed by atoms with van der Waals surface area (Å²) in [5.74, 6) is 0.748. The van der Waals surface area contributed by atoms with E-state index >= 15 is 0 Å². The van der Waals surface area contributed by atoms with Crippen LogP contribution in [0.1, 0.15) is 30.3 Å². The van der Waals surface area contributed by atoms with Gasteiger partial charge in [-0.3, -0.25) is 4.79 Å². The van der Waals surface area contributed by atoms with Crippen LogP contribution in [0.2, 0.25) is 0 Å². The van der Waals surface area contributed by atoms with Crippen LogP contribution in [0.5, 0.6) is 5.75 Å². The zero-order valence-electron chi connectivity index (χ0n) is 11.2. The van der Waals surface area contributed by atoms with Crippen LogP contribution in [0.4, 0.5) is 0 Å². The van der Waals surface area contributed by atoms with Crippen LogP contribution in [0.25, 0.3) is 11.3 Å². The Labute approximate surface area is 112 Å². The van der Waals surface area contributed by atoms with E-state index in [9.17, 15) is 4.79 Å². The fraction of sp³-hybridized carbons (Fsp3) is 0.357. The van der Waals surface area contributed by atoms with Crippen LogP contribution in [0.3, 0.4) is 0 Å². The molecule has 0 atom stereocenters. The maximum atomic E-state index is 11.1. The van der Waals surface area contributed by atoms with E-state index in [1.807, 2.05) is 24.3 Å². The predicted octanol–water partition coefficient (Wildman–Crippen LogP) is 2.57. The summed E-state index contributed by atoms with van der Waals surface area (Å²) in [5.41, 5.74) is 2.01. The van der Waals surface area contributed by atoms with Gasteiger partial charge in [0.05, 0.1) is 12.8 Å². The third-order valence-corrected chi connectivity index (χ3v) is 2.94. The van der Waals surface area contributed by atoms with E-state index in [0.717, 1.165) is 42.7 Å². The monoisotopic (exact) mass is 259 g/mol. The zero-order chi connectivity index (χ0) is 13.7. The highest BCUT2D eigenvalue weighted by atomic mass is 16.5. The standard InChI is InChI=1S/C14H17N3O2/c1-3-4-8-17-14(13(10-18)15-16-17)11-6-5-7-12(9-11)19-2/h5-7,9-10H,3-4,8H2,1-2H3. The van der Waals surface area contributed by atoms with E-state index in [2.05, 4.69) is 17.2 Å². The molecule has 0 aliphatic heterocycles. The first-order chi connectivity index (χ1) is 9.30. The topological polar surface area (TPSA) is 57.0 Å². The second-order valence-electron chi connectivity index (χ2n) is 4.25.